The number of hydrogen-bond donors (Lipinski definition) is 3. The van der Waals surface area contributed by atoms with Gasteiger partial charge >= 0.3 is 0 Å². The molecule has 0 bridgehead atoms. The summed E-state index contributed by atoms with van der Waals surface area (Å²) in [5, 5.41) is 8.89. The second-order valence-electron chi connectivity index (χ2n) is 3.65. The van der Waals surface area contributed by atoms with Crippen LogP contribution in [0.2, 0.25) is 0 Å². The number of hydrogen-bond acceptors (Lipinski definition) is 6. The molecule has 0 aliphatic heterocycles. The average molecular weight is 284 g/mol. The highest BCUT2D eigenvalue weighted by Crippen LogP contribution is 2.31. The van der Waals surface area contributed by atoms with Crippen LogP contribution in [-0.2, 0) is 6.61 Å². The molecule has 1 aromatic heterocycles. The van der Waals surface area contributed by atoms with Crippen LogP contribution >= 0.6 is 11.8 Å². The molecule has 0 spiro atoms. The first-order valence-electron chi connectivity index (χ1n) is 5.16. The van der Waals surface area contributed by atoms with Crippen LogP contribution in [-0.4, -0.2) is 15.1 Å². The van der Waals surface area contributed by atoms with E-state index >= 15 is 0 Å². The standard InChI is InChI=1S/C11H10F2N4OS/c12-6-1-5(4-18)2-7(13)10(6)19-11-16-8(14)3-9(15)17-11/h1-3,18H,4H2,(H4,14,15,16,17). The molecule has 0 unspecified atom stereocenters. The van der Waals surface area contributed by atoms with E-state index in [1.807, 2.05) is 0 Å². The molecule has 0 amide bonds. The fraction of sp³-hybridized carbons (Fsp3) is 0.0909. The summed E-state index contributed by atoms with van der Waals surface area (Å²) in [4.78, 5) is 7.37. The first kappa shape index (κ1) is 13.5. The quantitative estimate of drug-likeness (QED) is 0.740. The minimum Gasteiger partial charge on any atom is -0.392 e. The number of aliphatic hydroxyl groups is 1. The number of nitrogens with zero attached hydrogens (tertiary/aromatic N) is 2. The van der Waals surface area contributed by atoms with E-state index in [0.29, 0.717) is 11.8 Å². The van der Waals surface area contributed by atoms with Crippen molar-refractivity contribution in [2.75, 3.05) is 11.5 Å². The van der Waals surface area contributed by atoms with Gasteiger partial charge in [-0.05, 0) is 29.5 Å². The zero-order valence-electron chi connectivity index (χ0n) is 9.60. The fourth-order valence-corrected chi connectivity index (χ4v) is 2.20. The maximum Gasteiger partial charge on any atom is 0.196 e. The third-order valence-corrected chi connectivity index (χ3v) is 3.14. The Morgan fingerprint density at radius 1 is 1.05 bits per heavy atom. The molecule has 0 fully saturated rings. The Hall–Kier alpha value is -1.93. The number of nitrogens with two attached hydrogens (primary N) is 2. The van der Waals surface area contributed by atoms with Gasteiger partial charge in [-0.15, -0.1) is 0 Å². The molecule has 0 radical (unpaired) electrons. The Bertz CT molecular complexity index is 580. The van der Waals surface area contributed by atoms with Crippen LogP contribution in [0.1, 0.15) is 5.56 Å². The van der Waals surface area contributed by atoms with Crippen LogP contribution in [0.25, 0.3) is 0 Å². The zero-order valence-corrected chi connectivity index (χ0v) is 10.4. The Morgan fingerprint density at radius 2 is 1.58 bits per heavy atom. The lowest BCUT2D eigenvalue weighted by Crippen LogP contribution is -2.00. The summed E-state index contributed by atoms with van der Waals surface area (Å²) in [7, 11) is 0. The van der Waals surface area contributed by atoms with Crippen molar-refractivity contribution in [1.82, 2.24) is 9.97 Å². The summed E-state index contributed by atoms with van der Waals surface area (Å²) in [5.74, 6) is -1.39. The molecule has 0 saturated heterocycles. The van der Waals surface area contributed by atoms with E-state index in [1.54, 1.807) is 0 Å². The van der Waals surface area contributed by atoms with Crippen molar-refractivity contribution in [1.29, 1.82) is 0 Å². The van der Waals surface area contributed by atoms with Gasteiger partial charge in [-0.3, -0.25) is 0 Å². The van der Waals surface area contributed by atoms with Crippen LogP contribution in [0.5, 0.6) is 0 Å². The van der Waals surface area contributed by atoms with Crippen molar-refractivity contribution in [3.63, 3.8) is 0 Å². The van der Waals surface area contributed by atoms with Crippen LogP contribution < -0.4 is 11.5 Å². The van der Waals surface area contributed by atoms with Crippen molar-refractivity contribution < 1.29 is 13.9 Å². The SMILES string of the molecule is Nc1cc(N)nc(Sc2c(F)cc(CO)cc2F)n1. The number of rotatable bonds is 3. The Kier molecular flexibility index (Phi) is 3.82. The number of aliphatic hydroxyl groups excluding tert-OH is 1. The molecule has 19 heavy (non-hydrogen) atoms. The lowest BCUT2D eigenvalue weighted by molar-refractivity contribution is 0.280. The topological polar surface area (TPSA) is 98.1 Å². The van der Waals surface area contributed by atoms with Crippen LogP contribution in [0.3, 0.4) is 0 Å². The Balaban J connectivity index is 2.38. The number of nitrogen functional groups attached to an aromatic ring is 2. The van der Waals surface area contributed by atoms with E-state index in [2.05, 4.69) is 9.97 Å². The molecule has 0 saturated carbocycles. The first-order chi connectivity index (χ1) is 8.99. The highest BCUT2D eigenvalue weighted by Gasteiger charge is 2.14. The molecular formula is C11H10F2N4OS. The molecule has 5 N–H and O–H groups in total. The monoisotopic (exact) mass is 284 g/mol. The van der Waals surface area contributed by atoms with E-state index in [9.17, 15) is 8.78 Å². The van der Waals surface area contributed by atoms with Crippen molar-refractivity contribution in [3.05, 3.63) is 35.4 Å². The summed E-state index contributed by atoms with van der Waals surface area (Å²) < 4.78 is 27.4. The van der Waals surface area contributed by atoms with E-state index in [0.717, 1.165) is 12.1 Å². The molecular weight excluding hydrogens is 274 g/mol. The summed E-state index contributed by atoms with van der Waals surface area (Å²) >= 11 is 0.675. The summed E-state index contributed by atoms with van der Waals surface area (Å²) in [6.45, 7) is -0.444. The molecule has 5 nitrogen and oxygen atoms in total. The second kappa shape index (κ2) is 5.37. The summed E-state index contributed by atoms with van der Waals surface area (Å²) in [6, 6.07) is 3.42. The van der Waals surface area contributed by atoms with Gasteiger partial charge in [0.05, 0.1) is 11.5 Å². The number of aromatic nitrogens is 2. The Morgan fingerprint density at radius 3 is 2.05 bits per heavy atom. The van der Waals surface area contributed by atoms with Crippen molar-refractivity contribution in [3.8, 4) is 0 Å². The molecule has 8 heteroatoms. The fourth-order valence-electron chi connectivity index (χ4n) is 1.40. The van der Waals surface area contributed by atoms with Crippen LogP contribution in [0, 0.1) is 11.6 Å². The van der Waals surface area contributed by atoms with E-state index < -0.39 is 18.2 Å². The second-order valence-corrected chi connectivity index (χ2v) is 4.63. The van der Waals surface area contributed by atoms with Gasteiger partial charge in [-0.2, -0.15) is 0 Å². The van der Waals surface area contributed by atoms with Crippen molar-refractivity contribution in [2.24, 2.45) is 0 Å². The minimum absolute atomic E-state index is 0.0482. The van der Waals surface area contributed by atoms with Crippen molar-refractivity contribution >= 4 is 23.4 Å². The van der Waals surface area contributed by atoms with Gasteiger partial charge < -0.3 is 16.6 Å². The number of halogens is 2. The van der Waals surface area contributed by atoms with Gasteiger partial charge in [-0.25, -0.2) is 18.7 Å². The molecule has 1 aromatic carbocycles. The van der Waals surface area contributed by atoms with Gasteiger partial charge in [0, 0.05) is 6.07 Å². The third-order valence-electron chi connectivity index (χ3n) is 2.18. The van der Waals surface area contributed by atoms with E-state index in [4.69, 9.17) is 16.6 Å². The van der Waals surface area contributed by atoms with Gasteiger partial charge in [0.15, 0.2) is 5.16 Å². The molecule has 2 rings (SSSR count). The van der Waals surface area contributed by atoms with Crippen LogP contribution in [0.4, 0.5) is 20.4 Å². The maximum atomic E-state index is 13.7. The highest BCUT2D eigenvalue weighted by atomic mass is 32.2. The van der Waals surface area contributed by atoms with Gasteiger partial charge in [-0.1, -0.05) is 0 Å². The minimum atomic E-state index is -0.807. The highest BCUT2D eigenvalue weighted by molar-refractivity contribution is 7.99. The lowest BCUT2D eigenvalue weighted by Gasteiger charge is -2.06. The summed E-state index contributed by atoms with van der Waals surface area (Å²) in [5.41, 5.74) is 11.1. The predicted molar refractivity (Wildman–Crippen MR) is 67.3 cm³/mol. The average Bonchev–Trinajstić information content (AvgIpc) is 2.32. The molecule has 1 heterocycles. The smallest absolute Gasteiger partial charge is 0.196 e. The molecule has 0 aliphatic rings. The summed E-state index contributed by atoms with van der Waals surface area (Å²) in [6.07, 6.45) is 0. The van der Waals surface area contributed by atoms with Gasteiger partial charge in [0.25, 0.3) is 0 Å². The van der Waals surface area contributed by atoms with Crippen LogP contribution in [0.15, 0.2) is 28.3 Å². The number of benzene rings is 1. The number of anilines is 2. The zero-order chi connectivity index (χ0) is 14.0. The predicted octanol–water partition coefficient (Wildman–Crippen LogP) is 1.56. The molecule has 100 valence electrons. The first-order valence-corrected chi connectivity index (χ1v) is 5.98. The maximum absolute atomic E-state index is 13.7. The Labute approximate surface area is 111 Å². The van der Waals surface area contributed by atoms with Gasteiger partial charge in [0.1, 0.15) is 23.3 Å². The van der Waals surface area contributed by atoms with E-state index in [-0.39, 0.29) is 27.3 Å². The molecule has 0 atom stereocenters. The largest absolute Gasteiger partial charge is 0.392 e. The van der Waals surface area contributed by atoms with E-state index in [1.165, 1.54) is 6.07 Å². The molecule has 2 aromatic rings. The lowest BCUT2D eigenvalue weighted by atomic mass is 10.2. The normalized spacial score (nSPS) is 10.7. The van der Waals surface area contributed by atoms with Crippen molar-refractivity contribution in [2.45, 2.75) is 16.7 Å². The van der Waals surface area contributed by atoms with Gasteiger partial charge in [0.2, 0.25) is 0 Å². The third kappa shape index (κ3) is 3.09. The molecule has 0 aliphatic carbocycles.